The molecule has 0 aromatic carbocycles. The predicted octanol–water partition coefficient (Wildman–Crippen LogP) is 5.77. The summed E-state index contributed by atoms with van der Waals surface area (Å²) in [6.07, 6.45) is 15.8. The highest BCUT2D eigenvalue weighted by Crippen LogP contribution is 2.47. The average Bonchev–Trinajstić information content (AvgIpc) is 3.03. The molecule has 1 atom stereocenters. The lowest BCUT2D eigenvalue weighted by atomic mass is 9.68. The number of ether oxygens (including phenoxy) is 2. The molecule has 3 rings (SSSR count). The Kier molecular flexibility index (Phi) is 7.07. The van der Waals surface area contributed by atoms with E-state index in [4.69, 9.17) is 9.47 Å². The molecule has 0 aromatic rings. The van der Waals surface area contributed by atoms with E-state index in [0.717, 1.165) is 44.4 Å². The van der Waals surface area contributed by atoms with Gasteiger partial charge in [-0.05, 0) is 56.9 Å². The Bertz CT molecular complexity index is 422. The van der Waals surface area contributed by atoms with E-state index < -0.39 is 0 Å². The summed E-state index contributed by atoms with van der Waals surface area (Å²) in [5.74, 6) is 0.587. The van der Waals surface area contributed by atoms with Crippen LogP contribution in [0.2, 0.25) is 0 Å². The van der Waals surface area contributed by atoms with Crippen LogP contribution in [0, 0.1) is 11.3 Å². The van der Waals surface area contributed by atoms with Crippen molar-refractivity contribution < 1.29 is 9.47 Å². The molecule has 0 aromatic heterocycles. The Balaban J connectivity index is 1.41. The van der Waals surface area contributed by atoms with Gasteiger partial charge in [0.2, 0.25) is 0 Å². The van der Waals surface area contributed by atoms with Gasteiger partial charge in [0.1, 0.15) is 0 Å². The lowest BCUT2D eigenvalue weighted by molar-refractivity contribution is -0.197. The molecule has 3 aliphatic rings. The number of rotatable bonds is 7. The molecule has 3 fully saturated rings. The van der Waals surface area contributed by atoms with E-state index in [1.165, 1.54) is 57.8 Å². The molecule has 0 radical (unpaired) electrons. The summed E-state index contributed by atoms with van der Waals surface area (Å²) in [4.78, 5) is 2.58. The van der Waals surface area contributed by atoms with Gasteiger partial charge in [0.15, 0.2) is 5.79 Å². The third kappa shape index (κ3) is 5.02. The Morgan fingerprint density at radius 2 is 1.73 bits per heavy atom. The van der Waals surface area contributed by atoms with Gasteiger partial charge in [-0.15, -0.1) is 0 Å². The summed E-state index contributed by atoms with van der Waals surface area (Å²) in [6.45, 7) is 9.19. The second-order valence-corrected chi connectivity index (χ2v) is 10.0. The summed E-state index contributed by atoms with van der Waals surface area (Å²) >= 11 is 0. The molecule has 1 heterocycles. The van der Waals surface area contributed by atoms with Crippen molar-refractivity contribution in [2.24, 2.45) is 11.3 Å². The average molecular weight is 366 g/mol. The molecule has 0 amide bonds. The van der Waals surface area contributed by atoms with Gasteiger partial charge in [-0.2, -0.15) is 0 Å². The second kappa shape index (κ2) is 8.92. The predicted molar refractivity (Wildman–Crippen MR) is 108 cm³/mol. The van der Waals surface area contributed by atoms with Crippen LogP contribution >= 0.6 is 0 Å². The maximum atomic E-state index is 6.50. The third-order valence-corrected chi connectivity index (χ3v) is 7.66. The monoisotopic (exact) mass is 365 g/mol. The van der Waals surface area contributed by atoms with Gasteiger partial charge in [0.05, 0.1) is 12.7 Å². The highest BCUT2D eigenvalue weighted by Gasteiger charge is 2.46. The van der Waals surface area contributed by atoms with Crippen LogP contribution in [0.1, 0.15) is 97.8 Å². The standard InChI is InChI=1S/C23H43NO2/c1-5-14-22(2,3)19-11-15-23(16-12-19)25-18-21(26-23)13-17-24(4)20-9-7-6-8-10-20/h19-21H,5-18H2,1-4H3. The summed E-state index contributed by atoms with van der Waals surface area (Å²) in [7, 11) is 2.31. The maximum absolute atomic E-state index is 6.50. The molecule has 1 unspecified atom stereocenters. The van der Waals surface area contributed by atoms with E-state index in [-0.39, 0.29) is 5.79 Å². The fourth-order valence-corrected chi connectivity index (χ4v) is 5.76. The smallest absolute Gasteiger partial charge is 0.168 e. The van der Waals surface area contributed by atoms with Crippen LogP contribution in [0.4, 0.5) is 0 Å². The second-order valence-electron chi connectivity index (χ2n) is 10.0. The van der Waals surface area contributed by atoms with E-state index >= 15 is 0 Å². The first kappa shape index (κ1) is 20.6. The fraction of sp³-hybridized carbons (Fsp3) is 1.00. The Hall–Kier alpha value is -0.120. The van der Waals surface area contributed by atoms with Crippen molar-refractivity contribution in [2.45, 2.75) is 116 Å². The zero-order valence-corrected chi connectivity index (χ0v) is 17.9. The molecular weight excluding hydrogens is 322 g/mol. The van der Waals surface area contributed by atoms with Crippen LogP contribution in [0.25, 0.3) is 0 Å². The minimum Gasteiger partial charge on any atom is -0.347 e. The fourth-order valence-electron chi connectivity index (χ4n) is 5.76. The van der Waals surface area contributed by atoms with Crippen molar-refractivity contribution in [3.8, 4) is 0 Å². The van der Waals surface area contributed by atoms with Crippen LogP contribution in [0.3, 0.4) is 0 Å². The lowest BCUT2D eigenvalue weighted by Crippen LogP contribution is -2.40. The first-order valence-electron chi connectivity index (χ1n) is 11.5. The van der Waals surface area contributed by atoms with Crippen LogP contribution in [-0.2, 0) is 9.47 Å². The van der Waals surface area contributed by atoms with Crippen LogP contribution in [0.5, 0.6) is 0 Å². The molecule has 1 aliphatic heterocycles. The SMILES string of the molecule is CCCC(C)(C)C1CCC2(CC1)OCC(CCN(C)C1CCCCC1)O2. The van der Waals surface area contributed by atoms with Crippen molar-refractivity contribution in [3.63, 3.8) is 0 Å². The molecule has 3 nitrogen and oxygen atoms in total. The van der Waals surface area contributed by atoms with E-state index in [1.807, 2.05) is 0 Å². The van der Waals surface area contributed by atoms with Gasteiger partial charge >= 0.3 is 0 Å². The van der Waals surface area contributed by atoms with Crippen molar-refractivity contribution >= 4 is 0 Å². The van der Waals surface area contributed by atoms with Gasteiger partial charge < -0.3 is 14.4 Å². The van der Waals surface area contributed by atoms with Crippen LogP contribution < -0.4 is 0 Å². The number of hydrogen-bond donors (Lipinski definition) is 0. The van der Waals surface area contributed by atoms with E-state index in [0.29, 0.717) is 11.5 Å². The van der Waals surface area contributed by atoms with E-state index in [9.17, 15) is 0 Å². The molecule has 0 N–H and O–H groups in total. The van der Waals surface area contributed by atoms with Crippen molar-refractivity contribution in [2.75, 3.05) is 20.2 Å². The molecule has 152 valence electrons. The van der Waals surface area contributed by atoms with E-state index in [1.54, 1.807) is 0 Å². The quantitative estimate of drug-likeness (QED) is 0.572. The zero-order chi connectivity index (χ0) is 18.6. The molecule has 1 saturated heterocycles. The molecule has 26 heavy (non-hydrogen) atoms. The van der Waals surface area contributed by atoms with Gasteiger partial charge in [0, 0.05) is 25.4 Å². The first-order valence-corrected chi connectivity index (χ1v) is 11.5. The summed E-state index contributed by atoms with van der Waals surface area (Å²) in [5, 5.41) is 0. The van der Waals surface area contributed by atoms with Crippen LogP contribution in [0.15, 0.2) is 0 Å². The lowest BCUT2D eigenvalue weighted by Gasteiger charge is -2.42. The number of hydrogen-bond acceptors (Lipinski definition) is 3. The molecule has 2 aliphatic carbocycles. The van der Waals surface area contributed by atoms with Crippen LogP contribution in [-0.4, -0.2) is 43.0 Å². The summed E-state index contributed by atoms with van der Waals surface area (Å²) < 4.78 is 12.8. The Morgan fingerprint density at radius 1 is 1.04 bits per heavy atom. The Morgan fingerprint density at radius 3 is 2.38 bits per heavy atom. The topological polar surface area (TPSA) is 21.7 Å². The van der Waals surface area contributed by atoms with Gasteiger partial charge in [0.25, 0.3) is 0 Å². The highest BCUT2D eigenvalue weighted by atomic mass is 16.7. The minimum atomic E-state index is -0.243. The maximum Gasteiger partial charge on any atom is 0.168 e. The molecule has 0 bridgehead atoms. The largest absolute Gasteiger partial charge is 0.347 e. The molecule has 2 saturated carbocycles. The Labute approximate surface area is 162 Å². The highest BCUT2D eigenvalue weighted by molar-refractivity contribution is 4.90. The molecular formula is C23H43NO2. The number of nitrogens with zero attached hydrogens (tertiary/aromatic N) is 1. The van der Waals surface area contributed by atoms with Crippen molar-refractivity contribution in [3.05, 3.63) is 0 Å². The summed E-state index contributed by atoms with van der Waals surface area (Å²) in [6, 6.07) is 0.802. The van der Waals surface area contributed by atoms with Crippen molar-refractivity contribution in [1.29, 1.82) is 0 Å². The first-order chi connectivity index (χ1) is 12.4. The summed E-state index contributed by atoms with van der Waals surface area (Å²) in [5.41, 5.74) is 0.469. The van der Waals surface area contributed by atoms with Gasteiger partial charge in [-0.3, -0.25) is 0 Å². The molecule has 1 spiro atoms. The minimum absolute atomic E-state index is 0.243. The van der Waals surface area contributed by atoms with Crippen molar-refractivity contribution in [1.82, 2.24) is 4.90 Å². The van der Waals surface area contributed by atoms with Gasteiger partial charge in [-0.1, -0.05) is 46.5 Å². The molecule has 3 heteroatoms. The normalized spacial score (nSPS) is 34.0. The third-order valence-electron chi connectivity index (χ3n) is 7.66. The van der Waals surface area contributed by atoms with Gasteiger partial charge in [-0.25, -0.2) is 0 Å². The zero-order valence-electron chi connectivity index (χ0n) is 17.9. The van der Waals surface area contributed by atoms with E-state index in [2.05, 4.69) is 32.7 Å².